The van der Waals surface area contributed by atoms with Gasteiger partial charge >= 0.3 is 0 Å². The van der Waals surface area contributed by atoms with Crippen molar-refractivity contribution in [2.24, 2.45) is 0 Å². The summed E-state index contributed by atoms with van der Waals surface area (Å²) in [6, 6.07) is 5.42. The first kappa shape index (κ1) is 15.2. The second-order valence-electron chi connectivity index (χ2n) is 4.03. The van der Waals surface area contributed by atoms with Crippen LogP contribution in [0.2, 0.25) is 5.15 Å². The number of nitrogens with zero attached hydrogens (tertiary/aromatic N) is 1. The Bertz CT molecular complexity index is 768. The maximum atomic E-state index is 13.6. The Morgan fingerprint density at radius 1 is 1.35 bits per heavy atom. The van der Waals surface area contributed by atoms with Gasteiger partial charge in [-0.2, -0.15) is 0 Å². The van der Waals surface area contributed by atoms with E-state index in [2.05, 4.69) is 25.6 Å². The Labute approximate surface area is 129 Å². The molecule has 0 atom stereocenters. The van der Waals surface area contributed by atoms with E-state index < -0.39 is 15.8 Å². The van der Waals surface area contributed by atoms with E-state index in [4.69, 9.17) is 11.6 Å². The molecular weight excluding hydrogens is 371 g/mol. The number of anilines is 1. The number of benzene rings is 1. The lowest BCUT2D eigenvalue weighted by molar-refractivity contribution is 0.598. The molecule has 2 aromatic rings. The Kier molecular flexibility index (Phi) is 4.31. The maximum Gasteiger partial charge on any atom is 0.265 e. The minimum atomic E-state index is -4.02. The number of aromatic nitrogens is 1. The second kappa shape index (κ2) is 5.67. The molecule has 106 valence electrons. The molecule has 0 spiro atoms. The number of aryl methyl sites for hydroxylation is 1. The predicted molar refractivity (Wildman–Crippen MR) is 78.9 cm³/mol. The van der Waals surface area contributed by atoms with E-state index in [1.165, 1.54) is 24.4 Å². The van der Waals surface area contributed by atoms with Crippen molar-refractivity contribution in [2.75, 3.05) is 4.72 Å². The Balaban J connectivity index is 2.46. The Hall–Kier alpha value is -1.18. The summed E-state index contributed by atoms with van der Waals surface area (Å²) < 4.78 is 40.7. The molecule has 0 fully saturated rings. The predicted octanol–water partition coefficient (Wildman–Crippen LogP) is 3.75. The summed E-state index contributed by atoms with van der Waals surface area (Å²) in [6.07, 6.45) is 1.37. The van der Waals surface area contributed by atoms with Gasteiger partial charge in [0.1, 0.15) is 15.9 Å². The number of hydrogen-bond donors (Lipinski definition) is 1. The molecule has 1 N–H and O–H groups in total. The van der Waals surface area contributed by atoms with Crippen LogP contribution in [0.3, 0.4) is 0 Å². The largest absolute Gasteiger partial charge is 0.277 e. The molecule has 0 aliphatic carbocycles. The highest BCUT2D eigenvalue weighted by molar-refractivity contribution is 9.10. The zero-order valence-corrected chi connectivity index (χ0v) is 13.4. The third kappa shape index (κ3) is 3.28. The van der Waals surface area contributed by atoms with Crippen LogP contribution in [-0.2, 0) is 10.0 Å². The first-order valence-electron chi connectivity index (χ1n) is 5.39. The van der Waals surface area contributed by atoms with Crippen LogP contribution in [-0.4, -0.2) is 13.4 Å². The molecule has 8 heteroatoms. The minimum Gasteiger partial charge on any atom is -0.277 e. The quantitative estimate of drug-likeness (QED) is 0.826. The first-order chi connectivity index (χ1) is 9.29. The van der Waals surface area contributed by atoms with Gasteiger partial charge in [0.2, 0.25) is 0 Å². The lowest BCUT2D eigenvalue weighted by Crippen LogP contribution is -2.15. The van der Waals surface area contributed by atoms with Gasteiger partial charge in [-0.25, -0.2) is 17.8 Å². The van der Waals surface area contributed by atoms with Gasteiger partial charge in [-0.3, -0.25) is 4.72 Å². The highest BCUT2D eigenvalue weighted by Gasteiger charge is 2.21. The Morgan fingerprint density at radius 3 is 2.75 bits per heavy atom. The van der Waals surface area contributed by atoms with Crippen molar-refractivity contribution in [1.29, 1.82) is 0 Å². The van der Waals surface area contributed by atoms with Crippen molar-refractivity contribution in [3.8, 4) is 0 Å². The van der Waals surface area contributed by atoms with E-state index in [1.54, 1.807) is 13.0 Å². The summed E-state index contributed by atoms with van der Waals surface area (Å²) in [5, 5.41) is -0.186. The summed E-state index contributed by atoms with van der Waals surface area (Å²) in [5.74, 6) is -0.668. The van der Waals surface area contributed by atoms with E-state index in [-0.39, 0.29) is 15.7 Å². The van der Waals surface area contributed by atoms with Gasteiger partial charge in [0.15, 0.2) is 0 Å². The molecule has 4 nitrogen and oxygen atoms in total. The van der Waals surface area contributed by atoms with Gasteiger partial charge in [0.05, 0.1) is 5.69 Å². The normalized spacial score (nSPS) is 11.4. The number of rotatable bonds is 3. The topological polar surface area (TPSA) is 59.1 Å². The SMILES string of the molecule is Cc1ccc(F)c(NS(=O)(=O)c2cc(Br)cnc2Cl)c1. The summed E-state index contributed by atoms with van der Waals surface area (Å²) in [4.78, 5) is 3.50. The number of sulfonamides is 1. The number of hydrogen-bond acceptors (Lipinski definition) is 3. The molecule has 2 rings (SSSR count). The van der Waals surface area contributed by atoms with Crippen LogP contribution >= 0.6 is 27.5 Å². The third-order valence-corrected chi connectivity index (χ3v) is 4.66. The fraction of sp³-hybridized carbons (Fsp3) is 0.0833. The molecule has 0 amide bonds. The molecule has 20 heavy (non-hydrogen) atoms. The smallest absolute Gasteiger partial charge is 0.265 e. The molecule has 0 radical (unpaired) electrons. The van der Waals surface area contributed by atoms with E-state index in [9.17, 15) is 12.8 Å². The van der Waals surface area contributed by atoms with Crippen molar-refractivity contribution >= 4 is 43.2 Å². The van der Waals surface area contributed by atoms with Crippen molar-refractivity contribution in [3.05, 3.63) is 51.5 Å². The van der Waals surface area contributed by atoms with E-state index in [0.29, 0.717) is 4.47 Å². The third-order valence-electron chi connectivity index (χ3n) is 2.43. The molecule has 0 unspecified atom stereocenters. The Morgan fingerprint density at radius 2 is 2.05 bits per heavy atom. The van der Waals surface area contributed by atoms with Crippen LogP contribution < -0.4 is 4.72 Å². The number of pyridine rings is 1. The number of nitrogens with one attached hydrogen (secondary N) is 1. The molecule has 1 aromatic heterocycles. The monoisotopic (exact) mass is 378 g/mol. The highest BCUT2D eigenvalue weighted by Crippen LogP contribution is 2.26. The minimum absolute atomic E-state index is 0.138. The fourth-order valence-electron chi connectivity index (χ4n) is 1.51. The second-order valence-corrected chi connectivity index (χ2v) is 6.96. The zero-order chi connectivity index (χ0) is 14.9. The lowest BCUT2D eigenvalue weighted by atomic mass is 10.2. The van der Waals surface area contributed by atoms with Crippen molar-refractivity contribution in [1.82, 2.24) is 4.98 Å². The van der Waals surface area contributed by atoms with Gasteiger partial charge in [0.25, 0.3) is 10.0 Å². The molecule has 1 aromatic carbocycles. The fourth-order valence-corrected chi connectivity index (χ4v) is 3.51. The lowest BCUT2D eigenvalue weighted by Gasteiger charge is -2.10. The van der Waals surface area contributed by atoms with Gasteiger partial charge in [0, 0.05) is 10.7 Å². The molecule has 0 saturated heterocycles. The summed E-state index contributed by atoms with van der Waals surface area (Å²) in [6.45, 7) is 1.73. The number of halogens is 3. The standard InChI is InChI=1S/C12H9BrClFN2O2S/c1-7-2-3-9(15)10(4-7)17-20(18,19)11-5-8(13)6-16-12(11)14/h2-6,17H,1H3. The molecule has 1 heterocycles. The van der Waals surface area contributed by atoms with Crippen LogP contribution in [0, 0.1) is 12.7 Å². The highest BCUT2D eigenvalue weighted by atomic mass is 79.9. The summed E-state index contributed by atoms with van der Waals surface area (Å²) >= 11 is 8.89. The summed E-state index contributed by atoms with van der Waals surface area (Å²) in [7, 11) is -4.02. The van der Waals surface area contributed by atoms with Crippen LogP contribution in [0.1, 0.15) is 5.56 Å². The van der Waals surface area contributed by atoms with Crippen LogP contribution in [0.4, 0.5) is 10.1 Å². The van der Waals surface area contributed by atoms with Crippen molar-refractivity contribution < 1.29 is 12.8 Å². The first-order valence-corrected chi connectivity index (χ1v) is 8.05. The molecular formula is C12H9BrClFN2O2S. The average Bonchev–Trinajstić information content (AvgIpc) is 2.36. The maximum absolute atomic E-state index is 13.6. The zero-order valence-electron chi connectivity index (χ0n) is 10.2. The summed E-state index contributed by atoms with van der Waals surface area (Å²) in [5.41, 5.74) is 0.587. The molecule has 0 aliphatic rings. The molecule has 0 aliphatic heterocycles. The van der Waals surface area contributed by atoms with Crippen LogP contribution in [0.25, 0.3) is 0 Å². The van der Waals surface area contributed by atoms with Gasteiger partial charge in [-0.15, -0.1) is 0 Å². The van der Waals surface area contributed by atoms with E-state index in [1.807, 2.05) is 0 Å². The van der Waals surface area contributed by atoms with Crippen molar-refractivity contribution in [3.63, 3.8) is 0 Å². The average molecular weight is 380 g/mol. The van der Waals surface area contributed by atoms with Crippen molar-refractivity contribution in [2.45, 2.75) is 11.8 Å². The van der Waals surface area contributed by atoms with E-state index in [0.717, 1.165) is 5.56 Å². The molecule has 0 bridgehead atoms. The van der Waals surface area contributed by atoms with Gasteiger partial charge in [-0.1, -0.05) is 17.7 Å². The van der Waals surface area contributed by atoms with Gasteiger partial charge < -0.3 is 0 Å². The van der Waals surface area contributed by atoms with E-state index >= 15 is 0 Å². The van der Waals surface area contributed by atoms with Gasteiger partial charge in [-0.05, 0) is 46.6 Å². The van der Waals surface area contributed by atoms with Crippen LogP contribution in [0.5, 0.6) is 0 Å². The molecule has 0 saturated carbocycles. The van der Waals surface area contributed by atoms with Crippen LogP contribution in [0.15, 0.2) is 39.8 Å².